The van der Waals surface area contributed by atoms with E-state index in [-0.39, 0.29) is 17.6 Å². The van der Waals surface area contributed by atoms with Crippen LogP contribution in [-0.4, -0.2) is 36.9 Å². The highest BCUT2D eigenvalue weighted by atomic mass is 16.7. The van der Waals surface area contributed by atoms with Crippen molar-refractivity contribution >= 4 is 12.0 Å². The number of carbonyl (C=O) groups is 1. The molecule has 1 amide bonds. The van der Waals surface area contributed by atoms with Crippen LogP contribution in [0, 0.1) is 5.41 Å². The summed E-state index contributed by atoms with van der Waals surface area (Å²) in [5.74, 6) is -0.0706. The number of rotatable bonds is 9. The third-order valence-corrected chi connectivity index (χ3v) is 4.81. The smallest absolute Gasteiger partial charge is 0.243 e. The van der Waals surface area contributed by atoms with Gasteiger partial charge in [0.2, 0.25) is 5.91 Å². The average Bonchev–Trinajstić information content (AvgIpc) is 3.17. The normalized spacial score (nSPS) is 15.9. The second-order valence-corrected chi connectivity index (χ2v) is 6.15. The zero-order chi connectivity index (χ0) is 17.3. The number of nitrogens with one attached hydrogen (secondary N) is 1. The van der Waals surface area contributed by atoms with Gasteiger partial charge in [-0.25, -0.2) is 0 Å². The maximum absolute atomic E-state index is 11.9. The highest BCUT2D eigenvalue weighted by Crippen LogP contribution is 2.39. The number of pyridine rings is 1. The Morgan fingerprint density at radius 3 is 2.58 bits per heavy atom. The Morgan fingerprint density at radius 1 is 1.29 bits per heavy atom. The van der Waals surface area contributed by atoms with Gasteiger partial charge in [-0.1, -0.05) is 13.8 Å². The predicted molar refractivity (Wildman–Crippen MR) is 94.2 cm³/mol. The minimum absolute atomic E-state index is 0.0497. The van der Waals surface area contributed by atoms with Crippen molar-refractivity contribution < 1.29 is 14.3 Å². The molecule has 0 spiro atoms. The molecule has 0 aromatic carbocycles. The van der Waals surface area contributed by atoms with E-state index in [1.807, 2.05) is 12.1 Å². The van der Waals surface area contributed by atoms with Crippen molar-refractivity contribution in [2.75, 3.05) is 19.8 Å². The van der Waals surface area contributed by atoms with Gasteiger partial charge in [0.05, 0.1) is 13.2 Å². The Balaban J connectivity index is 1.74. The molecule has 1 aromatic heterocycles. The molecule has 0 atom stereocenters. The van der Waals surface area contributed by atoms with Crippen LogP contribution < -0.4 is 5.32 Å². The maximum atomic E-state index is 11.9. The van der Waals surface area contributed by atoms with Crippen LogP contribution in [-0.2, 0) is 14.3 Å². The van der Waals surface area contributed by atoms with Gasteiger partial charge in [0.1, 0.15) is 0 Å². The van der Waals surface area contributed by atoms with Gasteiger partial charge in [0.25, 0.3) is 0 Å². The number of aromatic nitrogens is 1. The quantitative estimate of drug-likeness (QED) is 0.557. The van der Waals surface area contributed by atoms with Gasteiger partial charge in [-0.3, -0.25) is 9.78 Å². The molecule has 0 bridgehead atoms. The monoisotopic (exact) mass is 332 g/mol. The minimum Gasteiger partial charge on any atom is -0.353 e. The average molecular weight is 332 g/mol. The molecule has 1 fully saturated rings. The minimum atomic E-state index is -0.102. The van der Waals surface area contributed by atoms with Crippen molar-refractivity contribution in [1.29, 1.82) is 0 Å². The van der Waals surface area contributed by atoms with E-state index < -0.39 is 0 Å². The first-order valence-corrected chi connectivity index (χ1v) is 8.79. The van der Waals surface area contributed by atoms with E-state index in [9.17, 15) is 4.79 Å². The SMILES string of the molecule is CCC(CC)(CCCNC(=O)C=Cc1ccncc1)C1OCCO1. The van der Waals surface area contributed by atoms with Crippen LogP contribution in [0.25, 0.3) is 6.08 Å². The third-order valence-electron chi connectivity index (χ3n) is 4.81. The fourth-order valence-electron chi connectivity index (χ4n) is 3.12. The largest absolute Gasteiger partial charge is 0.353 e. The van der Waals surface area contributed by atoms with Gasteiger partial charge in [-0.15, -0.1) is 0 Å². The first-order chi connectivity index (χ1) is 11.7. The number of carbonyl (C=O) groups excluding carboxylic acids is 1. The van der Waals surface area contributed by atoms with Crippen LogP contribution in [0.1, 0.15) is 45.1 Å². The highest BCUT2D eigenvalue weighted by Gasteiger charge is 2.39. The summed E-state index contributed by atoms with van der Waals surface area (Å²) in [7, 11) is 0. The molecule has 1 aliphatic rings. The van der Waals surface area contributed by atoms with E-state index >= 15 is 0 Å². The van der Waals surface area contributed by atoms with Crippen LogP contribution in [0.4, 0.5) is 0 Å². The molecule has 24 heavy (non-hydrogen) atoms. The molecule has 132 valence electrons. The summed E-state index contributed by atoms with van der Waals surface area (Å²) in [5, 5.41) is 2.94. The number of hydrogen-bond acceptors (Lipinski definition) is 4. The van der Waals surface area contributed by atoms with E-state index in [0.717, 1.165) is 31.2 Å². The lowest BCUT2D eigenvalue weighted by Crippen LogP contribution is -2.36. The lowest BCUT2D eigenvalue weighted by atomic mass is 9.77. The lowest BCUT2D eigenvalue weighted by Gasteiger charge is -2.36. The molecule has 0 saturated carbocycles. The first-order valence-electron chi connectivity index (χ1n) is 8.79. The standard InChI is InChI=1S/C19H28N2O3/c1-3-19(4-2,18-23-14-15-24-18)10-5-11-21-17(22)7-6-16-8-12-20-13-9-16/h6-9,12-13,18H,3-5,10-11,14-15H2,1-2H3,(H,21,22). The number of hydrogen-bond donors (Lipinski definition) is 1. The zero-order valence-corrected chi connectivity index (χ0v) is 14.7. The van der Waals surface area contributed by atoms with Crippen LogP contribution >= 0.6 is 0 Å². The molecule has 1 aliphatic heterocycles. The van der Waals surface area contributed by atoms with E-state index in [1.54, 1.807) is 24.5 Å². The third kappa shape index (κ3) is 5.14. The summed E-state index contributed by atoms with van der Waals surface area (Å²) in [4.78, 5) is 15.8. The van der Waals surface area contributed by atoms with Crippen molar-refractivity contribution in [3.63, 3.8) is 0 Å². The fourth-order valence-corrected chi connectivity index (χ4v) is 3.12. The Bertz CT molecular complexity index is 521. The summed E-state index contributed by atoms with van der Waals surface area (Å²) < 4.78 is 11.5. The molecule has 0 radical (unpaired) electrons. The van der Waals surface area contributed by atoms with E-state index in [0.29, 0.717) is 19.8 Å². The van der Waals surface area contributed by atoms with E-state index in [4.69, 9.17) is 9.47 Å². The van der Waals surface area contributed by atoms with Gasteiger partial charge >= 0.3 is 0 Å². The van der Waals surface area contributed by atoms with Crippen molar-refractivity contribution in [2.24, 2.45) is 5.41 Å². The van der Waals surface area contributed by atoms with Crippen LogP contribution in [0.15, 0.2) is 30.6 Å². The Labute approximate surface area is 144 Å². The molecular formula is C19H28N2O3. The fraction of sp³-hybridized carbons (Fsp3) is 0.579. The Morgan fingerprint density at radius 2 is 1.96 bits per heavy atom. The molecule has 1 N–H and O–H groups in total. The van der Waals surface area contributed by atoms with Gasteiger partial charge in [0.15, 0.2) is 6.29 Å². The molecule has 0 unspecified atom stereocenters. The lowest BCUT2D eigenvalue weighted by molar-refractivity contribution is -0.140. The molecule has 2 heterocycles. The van der Waals surface area contributed by atoms with E-state index in [1.165, 1.54) is 0 Å². The number of amides is 1. The van der Waals surface area contributed by atoms with Gasteiger partial charge in [-0.2, -0.15) is 0 Å². The molecule has 1 aromatic rings. The molecule has 2 rings (SSSR count). The number of nitrogens with zero attached hydrogens (tertiary/aromatic N) is 1. The van der Waals surface area contributed by atoms with Crippen LogP contribution in [0.2, 0.25) is 0 Å². The van der Waals surface area contributed by atoms with Crippen molar-refractivity contribution in [3.8, 4) is 0 Å². The summed E-state index contributed by atoms with van der Waals surface area (Å²) in [5.41, 5.74) is 1.01. The van der Waals surface area contributed by atoms with Crippen molar-refractivity contribution in [2.45, 2.75) is 45.8 Å². The molecular weight excluding hydrogens is 304 g/mol. The zero-order valence-electron chi connectivity index (χ0n) is 14.7. The molecule has 0 aliphatic carbocycles. The Hall–Kier alpha value is -1.72. The second-order valence-electron chi connectivity index (χ2n) is 6.15. The maximum Gasteiger partial charge on any atom is 0.243 e. The van der Waals surface area contributed by atoms with Gasteiger partial charge in [0, 0.05) is 30.4 Å². The summed E-state index contributed by atoms with van der Waals surface area (Å²) in [6.07, 6.45) is 10.6. The Kier molecular flexibility index (Phi) is 7.40. The van der Waals surface area contributed by atoms with Crippen LogP contribution in [0.3, 0.4) is 0 Å². The molecule has 1 saturated heterocycles. The van der Waals surface area contributed by atoms with Crippen molar-refractivity contribution in [1.82, 2.24) is 10.3 Å². The van der Waals surface area contributed by atoms with Crippen LogP contribution in [0.5, 0.6) is 0 Å². The predicted octanol–water partition coefficient (Wildman–Crippen LogP) is 3.17. The summed E-state index contributed by atoms with van der Waals surface area (Å²) in [6.45, 7) is 6.40. The number of ether oxygens (including phenoxy) is 2. The topological polar surface area (TPSA) is 60.5 Å². The van der Waals surface area contributed by atoms with Gasteiger partial charge < -0.3 is 14.8 Å². The van der Waals surface area contributed by atoms with Gasteiger partial charge in [-0.05, 0) is 49.5 Å². The van der Waals surface area contributed by atoms with E-state index in [2.05, 4.69) is 24.1 Å². The highest BCUT2D eigenvalue weighted by molar-refractivity contribution is 5.91. The second kappa shape index (κ2) is 9.55. The summed E-state index contributed by atoms with van der Waals surface area (Å²) in [6, 6.07) is 3.73. The first kappa shape index (κ1) is 18.6. The van der Waals surface area contributed by atoms with Crippen molar-refractivity contribution in [3.05, 3.63) is 36.2 Å². The molecule has 5 nitrogen and oxygen atoms in total. The molecule has 5 heteroatoms. The summed E-state index contributed by atoms with van der Waals surface area (Å²) >= 11 is 0.